The number of methoxy groups -OCH3 is 1. The molecule has 2 amide bonds. The second kappa shape index (κ2) is 10.5. The van der Waals surface area contributed by atoms with E-state index in [-0.39, 0.29) is 17.2 Å². The Bertz CT molecular complexity index is 973. The first-order chi connectivity index (χ1) is 15.4. The predicted molar refractivity (Wildman–Crippen MR) is 117 cm³/mol. The standard InChI is InChI=1S/C21H25N5O6/c1-15(27)24-7-9-25(10-8-24)18-5-3-16(13-19(18)26(29)30)21(28)23-17-4-6-20(22-14-17)32-12-11-31-2/h3-6,13-14H,7-12H2,1-2H3,(H,23,28). The maximum absolute atomic E-state index is 12.6. The number of nitrogens with zero attached hydrogens (tertiary/aromatic N) is 4. The number of ether oxygens (including phenoxy) is 2. The number of piperazine rings is 1. The van der Waals surface area contributed by atoms with E-state index in [4.69, 9.17) is 9.47 Å². The Labute approximate surface area is 185 Å². The molecule has 2 aromatic rings. The van der Waals surface area contributed by atoms with Crippen LogP contribution < -0.4 is 15.0 Å². The smallest absolute Gasteiger partial charge is 0.293 e. The number of aromatic nitrogens is 1. The molecular weight excluding hydrogens is 418 g/mol. The predicted octanol–water partition coefficient (Wildman–Crippen LogP) is 1.94. The van der Waals surface area contributed by atoms with Crippen molar-refractivity contribution in [3.63, 3.8) is 0 Å². The van der Waals surface area contributed by atoms with Gasteiger partial charge in [-0.05, 0) is 18.2 Å². The van der Waals surface area contributed by atoms with E-state index in [1.165, 1.54) is 19.2 Å². The van der Waals surface area contributed by atoms with E-state index in [9.17, 15) is 19.7 Å². The van der Waals surface area contributed by atoms with E-state index in [0.717, 1.165) is 0 Å². The van der Waals surface area contributed by atoms with Crippen molar-refractivity contribution in [1.29, 1.82) is 0 Å². The number of carbonyl (C=O) groups excluding carboxylic acids is 2. The van der Waals surface area contributed by atoms with Crippen LogP contribution in [0.15, 0.2) is 36.5 Å². The van der Waals surface area contributed by atoms with Crippen LogP contribution in [-0.2, 0) is 9.53 Å². The summed E-state index contributed by atoms with van der Waals surface area (Å²) < 4.78 is 10.3. The summed E-state index contributed by atoms with van der Waals surface area (Å²) in [5, 5.41) is 14.3. The molecule has 1 aromatic carbocycles. The summed E-state index contributed by atoms with van der Waals surface area (Å²) >= 11 is 0. The van der Waals surface area contributed by atoms with Crippen molar-refractivity contribution < 1.29 is 24.0 Å². The number of anilines is 2. The molecule has 1 aromatic heterocycles. The number of amides is 2. The van der Waals surface area contributed by atoms with Gasteiger partial charge in [0.1, 0.15) is 12.3 Å². The zero-order valence-electron chi connectivity index (χ0n) is 17.9. The number of nitrogens with one attached hydrogen (secondary N) is 1. The number of carbonyl (C=O) groups is 2. The highest BCUT2D eigenvalue weighted by Crippen LogP contribution is 2.30. The molecule has 2 heterocycles. The lowest BCUT2D eigenvalue weighted by Gasteiger charge is -2.35. The van der Waals surface area contributed by atoms with Crippen LogP contribution in [0.25, 0.3) is 0 Å². The fourth-order valence-electron chi connectivity index (χ4n) is 3.31. The second-order valence-electron chi connectivity index (χ2n) is 7.13. The van der Waals surface area contributed by atoms with Crippen molar-refractivity contribution in [1.82, 2.24) is 9.88 Å². The Hall–Kier alpha value is -3.73. The first-order valence-corrected chi connectivity index (χ1v) is 10.1. The largest absolute Gasteiger partial charge is 0.475 e. The first-order valence-electron chi connectivity index (χ1n) is 10.1. The van der Waals surface area contributed by atoms with Gasteiger partial charge in [0.05, 0.1) is 23.4 Å². The fraction of sp³-hybridized carbons (Fsp3) is 0.381. The fourth-order valence-corrected chi connectivity index (χ4v) is 3.31. The van der Waals surface area contributed by atoms with E-state index in [1.54, 1.807) is 36.3 Å². The summed E-state index contributed by atoms with van der Waals surface area (Å²) in [6, 6.07) is 7.62. The topological polar surface area (TPSA) is 127 Å². The molecule has 11 nitrogen and oxygen atoms in total. The van der Waals surface area contributed by atoms with E-state index >= 15 is 0 Å². The molecule has 1 aliphatic heterocycles. The summed E-state index contributed by atoms with van der Waals surface area (Å²) in [6.07, 6.45) is 1.44. The molecule has 0 spiro atoms. The minimum atomic E-state index is -0.503. The molecule has 32 heavy (non-hydrogen) atoms. The number of benzene rings is 1. The third kappa shape index (κ3) is 5.70. The lowest BCUT2D eigenvalue weighted by Crippen LogP contribution is -2.48. The number of pyridine rings is 1. The molecule has 170 valence electrons. The van der Waals surface area contributed by atoms with Crippen molar-refractivity contribution in [2.45, 2.75) is 6.92 Å². The Morgan fingerprint density at radius 3 is 2.50 bits per heavy atom. The molecule has 0 saturated carbocycles. The molecule has 3 rings (SSSR count). The summed E-state index contributed by atoms with van der Waals surface area (Å²) in [7, 11) is 1.57. The zero-order valence-corrected chi connectivity index (χ0v) is 17.9. The number of hydrogen-bond donors (Lipinski definition) is 1. The minimum Gasteiger partial charge on any atom is -0.475 e. The molecule has 0 bridgehead atoms. The highest BCUT2D eigenvalue weighted by molar-refractivity contribution is 6.05. The van der Waals surface area contributed by atoms with Gasteiger partial charge in [0, 0.05) is 57.9 Å². The third-order valence-corrected chi connectivity index (χ3v) is 5.03. The second-order valence-corrected chi connectivity index (χ2v) is 7.13. The molecule has 1 N–H and O–H groups in total. The third-order valence-electron chi connectivity index (χ3n) is 5.03. The van der Waals surface area contributed by atoms with Crippen LogP contribution in [0, 0.1) is 10.1 Å². The van der Waals surface area contributed by atoms with Gasteiger partial charge in [-0.15, -0.1) is 0 Å². The number of rotatable bonds is 8. The quantitative estimate of drug-likeness (QED) is 0.373. The van der Waals surface area contributed by atoms with Gasteiger partial charge in [-0.1, -0.05) is 0 Å². The van der Waals surface area contributed by atoms with Crippen LogP contribution in [0.1, 0.15) is 17.3 Å². The van der Waals surface area contributed by atoms with Crippen LogP contribution in [-0.4, -0.2) is 73.1 Å². The summed E-state index contributed by atoms with van der Waals surface area (Å²) in [6.45, 7) is 4.24. The molecular formula is C21H25N5O6. The van der Waals surface area contributed by atoms with Crippen LogP contribution in [0.3, 0.4) is 0 Å². The monoisotopic (exact) mass is 443 g/mol. The highest BCUT2D eigenvalue weighted by Gasteiger charge is 2.26. The van der Waals surface area contributed by atoms with Crippen LogP contribution in [0.4, 0.5) is 17.1 Å². The molecule has 1 fully saturated rings. The molecule has 1 saturated heterocycles. The van der Waals surface area contributed by atoms with Crippen molar-refractivity contribution in [2.24, 2.45) is 0 Å². The summed E-state index contributed by atoms with van der Waals surface area (Å²) in [5.41, 5.74) is 0.854. The van der Waals surface area contributed by atoms with Crippen LogP contribution in [0.2, 0.25) is 0 Å². The van der Waals surface area contributed by atoms with E-state index in [2.05, 4.69) is 10.3 Å². The van der Waals surface area contributed by atoms with Gasteiger partial charge >= 0.3 is 0 Å². The Morgan fingerprint density at radius 2 is 1.91 bits per heavy atom. The molecule has 0 atom stereocenters. The molecule has 0 radical (unpaired) electrons. The average molecular weight is 443 g/mol. The van der Waals surface area contributed by atoms with Gasteiger partial charge in [0.2, 0.25) is 11.8 Å². The SMILES string of the molecule is COCCOc1ccc(NC(=O)c2ccc(N3CCN(C(C)=O)CC3)c([N+](=O)[O-])c2)cn1. The Morgan fingerprint density at radius 1 is 1.16 bits per heavy atom. The maximum Gasteiger partial charge on any atom is 0.293 e. The van der Waals surface area contributed by atoms with Gasteiger partial charge in [-0.2, -0.15) is 0 Å². The Balaban J connectivity index is 1.69. The van der Waals surface area contributed by atoms with Gasteiger partial charge in [0.15, 0.2) is 0 Å². The van der Waals surface area contributed by atoms with Crippen molar-refractivity contribution in [3.8, 4) is 5.88 Å². The van der Waals surface area contributed by atoms with E-state index in [0.29, 0.717) is 56.6 Å². The summed E-state index contributed by atoms with van der Waals surface area (Å²) in [5.74, 6) is -0.115. The lowest BCUT2D eigenvalue weighted by molar-refractivity contribution is -0.384. The molecule has 0 unspecified atom stereocenters. The van der Waals surface area contributed by atoms with E-state index < -0.39 is 10.8 Å². The van der Waals surface area contributed by atoms with Crippen LogP contribution in [0.5, 0.6) is 5.88 Å². The normalized spacial score (nSPS) is 13.6. The van der Waals surface area contributed by atoms with Gasteiger partial charge in [-0.25, -0.2) is 4.98 Å². The molecule has 11 heteroatoms. The Kier molecular flexibility index (Phi) is 7.55. The van der Waals surface area contributed by atoms with Crippen LogP contribution >= 0.6 is 0 Å². The van der Waals surface area contributed by atoms with Crippen molar-refractivity contribution in [3.05, 3.63) is 52.2 Å². The van der Waals surface area contributed by atoms with E-state index in [1.807, 2.05) is 4.90 Å². The maximum atomic E-state index is 12.6. The number of hydrogen-bond acceptors (Lipinski definition) is 8. The minimum absolute atomic E-state index is 0.0183. The zero-order chi connectivity index (χ0) is 23.1. The average Bonchev–Trinajstić information content (AvgIpc) is 2.80. The lowest BCUT2D eigenvalue weighted by atomic mass is 10.1. The van der Waals surface area contributed by atoms with Gasteiger partial charge < -0.3 is 24.6 Å². The number of nitro groups is 1. The highest BCUT2D eigenvalue weighted by atomic mass is 16.6. The molecule has 1 aliphatic rings. The summed E-state index contributed by atoms with van der Waals surface area (Å²) in [4.78, 5) is 42.9. The van der Waals surface area contributed by atoms with Gasteiger partial charge in [-0.3, -0.25) is 19.7 Å². The number of nitro benzene ring substituents is 1. The van der Waals surface area contributed by atoms with Crippen molar-refractivity contribution in [2.75, 3.05) is 56.7 Å². The van der Waals surface area contributed by atoms with Gasteiger partial charge in [0.25, 0.3) is 11.6 Å². The first kappa shape index (κ1) is 22.9. The van der Waals surface area contributed by atoms with Crippen molar-refractivity contribution >= 4 is 28.9 Å². The molecule has 0 aliphatic carbocycles.